The minimum atomic E-state index is -3.79. The van der Waals surface area contributed by atoms with Crippen LogP contribution in [-0.2, 0) is 14.8 Å². The van der Waals surface area contributed by atoms with Crippen molar-refractivity contribution in [2.75, 3.05) is 38.7 Å². The van der Waals surface area contributed by atoms with E-state index in [1.54, 1.807) is 25.1 Å². The Labute approximate surface area is 184 Å². The van der Waals surface area contributed by atoms with E-state index in [-0.39, 0.29) is 29.3 Å². The molecule has 3 aromatic rings. The fourth-order valence-electron chi connectivity index (χ4n) is 3.56. The van der Waals surface area contributed by atoms with Gasteiger partial charge in [-0.3, -0.25) is 4.79 Å². The molecule has 2 heterocycles. The van der Waals surface area contributed by atoms with E-state index in [0.717, 1.165) is 10.9 Å². The molecule has 1 aliphatic rings. The number of rotatable bonds is 5. The number of anilines is 1. The van der Waals surface area contributed by atoms with Crippen LogP contribution in [0.3, 0.4) is 0 Å². The van der Waals surface area contributed by atoms with Gasteiger partial charge in [-0.2, -0.15) is 4.31 Å². The zero-order valence-corrected chi connectivity index (χ0v) is 18.4. The largest absolute Gasteiger partial charge is 0.496 e. The number of fused-ring (bicyclic) bond motifs is 1. The topological polar surface area (TPSA) is 115 Å². The quantitative estimate of drug-likeness (QED) is 0.584. The van der Waals surface area contributed by atoms with Crippen LogP contribution in [-0.4, -0.2) is 52.0 Å². The molecule has 1 amide bonds. The molecule has 4 rings (SSSR count). The summed E-state index contributed by atoms with van der Waals surface area (Å²) in [4.78, 5) is 24.7. The van der Waals surface area contributed by atoms with Gasteiger partial charge in [-0.05, 0) is 42.8 Å². The maximum atomic E-state index is 13.0. The highest BCUT2D eigenvalue weighted by atomic mass is 32.2. The van der Waals surface area contributed by atoms with Crippen molar-refractivity contribution in [3.8, 4) is 5.75 Å². The number of carbonyl (C=O) groups excluding carboxylic acids is 1. The number of sulfonamides is 1. The number of aryl methyl sites for hydroxylation is 1. The van der Waals surface area contributed by atoms with Crippen LogP contribution in [0.1, 0.15) is 15.9 Å². The number of ether oxygens (including phenoxy) is 2. The third-order valence-electron chi connectivity index (χ3n) is 5.23. The predicted molar refractivity (Wildman–Crippen MR) is 118 cm³/mol. The summed E-state index contributed by atoms with van der Waals surface area (Å²) in [5, 5.41) is 3.46. The molecular weight excluding hydrogens is 436 g/mol. The first-order valence-electron chi connectivity index (χ1n) is 9.91. The summed E-state index contributed by atoms with van der Waals surface area (Å²) in [5.74, 6) is -0.332. The normalized spacial score (nSPS) is 14.9. The van der Waals surface area contributed by atoms with Gasteiger partial charge in [-0.25, -0.2) is 13.2 Å². The number of methoxy groups -OCH3 is 1. The number of morpholine rings is 1. The number of benzene rings is 2. The number of carbonyl (C=O) groups is 1. The molecule has 2 aromatic carbocycles. The van der Waals surface area contributed by atoms with Crippen molar-refractivity contribution in [1.82, 2.24) is 4.31 Å². The Balaban J connectivity index is 1.66. The third kappa shape index (κ3) is 4.24. The minimum Gasteiger partial charge on any atom is -0.496 e. The Morgan fingerprint density at radius 1 is 1.09 bits per heavy atom. The Kier molecular flexibility index (Phi) is 6.00. The SMILES string of the molecule is COc1ccc(S(=O)(=O)N2CCOCC2)cc1C(=O)Nc1ccc2c(C)cc(=O)oc2c1. The Bertz CT molecular complexity index is 1340. The van der Waals surface area contributed by atoms with E-state index in [0.29, 0.717) is 24.5 Å². The monoisotopic (exact) mass is 458 g/mol. The molecule has 0 radical (unpaired) electrons. The average Bonchev–Trinajstić information content (AvgIpc) is 2.78. The maximum Gasteiger partial charge on any atom is 0.336 e. The van der Waals surface area contributed by atoms with Gasteiger partial charge in [0, 0.05) is 36.3 Å². The lowest BCUT2D eigenvalue weighted by Gasteiger charge is -2.26. The van der Waals surface area contributed by atoms with Crippen molar-refractivity contribution in [3.05, 3.63) is 64.0 Å². The molecule has 0 bridgehead atoms. The summed E-state index contributed by atoms with van der Waals surface area (Å²) in [6.07, 6.45) is 0. The van der Waals surface area contributed by atoms with Gasteiger partial charge in [-0.1, -0.05) is 0 Å². The van der Waals surface area contributed by atoms with Crippen LogP contribution in [0.2, 0.25) is 0 Å². The number of hydrogen-bond acceptors (Lipinski definition) is 7. The molecule has 1 saturated heterocycles. The Hall–Kier alpha value is -3.21. The maximum absolute atomic E-state index is 13.0. The molecule has 32 heavy (non-hydrogen) atoms. The molecule has 9 nitrogen and oxygen atoms in total. The first-order valence-corrected chi connectivity index (χ1v) is 11.4. The Morgan fingerprint density at radius 3 is 2.56 bits per heavy atom. The minimum absolute atomic E-state index is 0.00881. The van der Waals surface area contributed by atoms with Crippen LogP contribution in [0.25, 0.3) is 11.0 Å². The first-order chi connectivity index (χ1) is 15.3. The lowest BCUT2D eigenvalue weighted by Crippen LogP contribution is -2.40. The van der Waals surface area contributed by atoms with E-state index in [4.69, 9.17) is 13.9 Å². The summed E-state index contributed by atoms with van der Waals surface area (Å²) in [6.45, 7) is 2.93. The summed E-state index contributed by atoms with van der Waals surface area (Å²) in [5.41, 5.74) is 1.06. The number of amides is 1. The van der Waals surface area contributed by atoms with Crippen LogP contribution >= 0.6 is 0 Å². The summed E-state index contributed by atoms with van der Waals surface area (Å²) >= 11 is 0. The van der Waals surface area contributed by atoms with Gasteiger partial charge < -0.3 is 19.2 Å². The molecule has 1 aromatic heterocycles. The molecular formula is C22H22N2O7S. The van der Waals surface area contributed by atoms with E-state index >= 15 is 0 Å². The molecule has 10 heteroatoms. The van der Waals surface area contributed by atoms with Gasteiger partial charge in [0.05, 0.1) is 30.8 Å². The van der Waals surface area contributed by atoms with E-state index in [9.17, 15) is 18.0 Å². The highest BCUT2D eigenvalue weighted by Crippen LogP contribution is 2.27. The molecule has 0 unspecified atom stereocenters. The molecule has 0 atom stereocenters. The van der Waals surface area contributed by atoms with Gasteiger partial charge in [0.1, 0.15) is 11.3 Å². The lowest BCUT2D eigenvalue weighted by atomic mass is 10.1. The standard InChI is InChI=1S/C22H22N2O7S/c1-14-11-21(25)31-20-12-15(3-5-17(14)20)23-22(26)18-13-16(4-6-19(18)29-2)32(27,28)24-7-9-30-10-8-24/h3-6,11-13H,7-10H2,1-2H3,(H,23,26). The second-order valence-electron chi connectivity index (χ2n) is 7.29. The summed E-state index contributed by atoms with van der Waals surface area (Å²) < 4.78 is 43.0. The van der Waals surface area contributed by atoms with Crippen LogP contribution in [0.5, 0.6) is 5.75 Å². The zero-order valence-electron chi connectivity index (χ0n) is 17.6. The van der Waals surface area contributed by atoms with Crippen molar-refractivity contribution in [3.63, 3.8) is 0 Å². The second-order valence-corrected chi connectivity index (χ2v) is 9.23. The van der Waals surface area contributed by atoms with Crippen LogP contribution in [0, 0.1) is 6.92 Å². The molecule has 168 valence electrons. The highest BCUT2D eigenvalue weighted by Gasteiger charge is 2.28. The predicted octanol–water partition coefficient (Wildman–Crippen LogP) is 2.38. The fourth-order valence-corrected chi connectivity index (χ4v) is 5.00. The third-order valence-corrected chi connectivity index (χ3v) is 7.13. The molecule has 1 N–H and O–H groups in total. The Morgan fingerprint density at radius 2 is 1.84 bits per heavy atom. The van der Waals surface area contributed by atoms with Gasteiger partial charge in [0.2, 0.25) is 10.0 Å². The second kappa shape index (κ2) is 8.73. The van der Waals surface area contributed by atoms with Gasteiger partial charge >= 0.3 is 5.63 Å². The highest BCUT2D eigenvalue weighted by molar-refractivity contribution is 7.89. The van der Waals surface area contributed by atoms with Crippen molar-refractivity contribution < 1.29 is 27.1 Å². The van der Waals surface area contributed by atoms with Gasteiger partial charge in [0.15, 0.2) is 0 Å². The van der Waals surface area contributed by atoms with Gasteiger partial charge in [-0.15, -0.1) is 0 Å². The van der Waals surface area contributed by atoms with Crippen LogP contribution < -0.4 is 15.7 Å². The summed E-state index contributed by atoms with van der Waals surface area (Å²) in [6, 6.07) is 10.5. The van der Waals surface area contributed by atoms with Gasteiger partial charge in [0.25, 0.3) is 5.91 Å². The van der Waals surface area contributed by atoms with Crippen molar-refractivity contribution in [1.29, 1.82) is 0 Å². The molecule has 0 aliphatic carbocycles. The number of nitrogens with one attached hydrogen (secondary N) is 1. The lowest BCUT2D eigenvalue weighted by molar-refractivity contribution is 0.0730. The molecule has 1 aliphatic heterocycles. The van der Waals surface area contributed by atoms with Crippen molar-refractivity contribution >= 4 is 32.6 Å². The van der Waals surface area contributed by atoms with E-state index in [2.05, 4.69) is 5.32 Å². The van der Waals surface area contributed by atoms with Crippen LogP contribution in [0.4, 0.5) is 5.69 Å². The smallest absolute Gasteiger partial charge is 0.336 e. The fraction of sp³-hybridized carbons (Fsp3) is 0.273. The average molecular weight is 458 g/mol. The van der Waals surface area contributed by atoms with Crippen molar-refractivity contribution in [2.45, 2.75) is 11.8 Å². The molecule has 0 spiro atoms. The summed E-state index contributed by atoms with van der Waals surface area (Å²) in [7, 11) is -2.39. The van der Waals surface area contributed by atoms with E-state index in [1.807, 2.05) is 0 Å². The van der Waals surface area contributed by atoms with E-state index in [1.165, 1.54) is 35.7 Å². The molecule has 1 fully saturated rings. The van der Waals surface area contributed by atoms with Crippen LogP contribution in [0.15, 0.2) is 56.6 Å². The van der Waals surface area contributed by atoms with Crippen molar-refractivity contribution in [2.24, 2.45) is 0 Å². The molecule has 0 saturated carbocycles. The number of nitrogens with zero attached hydrogens (tertiary/aromatic N) is 1. The number of hydrogen-bond donors (Lipinski definition) is 1. The van der Waals surface area contributed by atoms with E-state index < -0.39 is 21.6 Å². The first kappa shape index (κ1) is 22.0. The zero-order chi connectivity index (χ0) is 22.9.